The van der Waals surface area contributed by atoms with E-state index in [2.05, 4.69) is 20.3 Å². The first-order valence-corrected chi connectivity index (χ1v) is 7.86. The van der Waals surface area contributed by atoms with Crippen molar-refractivity contribution >= 4 is 11.8 Å². The van der Waals surface area contributed by atoms with E-state index in [-0.39, 0.29) is 17.4 Å². The number of hydrazine groups is 1. The average Bonchev–Trinajstić information content (AvgIpc) is 3.18. The Morgan fingerprint density at radius 3 is 2.41 bits per heavy atom. The van der Waals surface area contributed by atoms with Crippen LogP contribution in [0.1, 0.15) is 26.5 Å². The van der Waals surface area contributed by atoms with Gasteiger partial charge in [0, 0.05) is 12.3 Å². The van der Waals surface area contributed by atoms with Crippen molar-refractivity contribution in [2.24, 2.45) is 0 Å². The molecule has 0 aromatic carbocycles. The SMILES string of the molecule is COc1ccc(-n2ncc(C(=O)NNC(=O)c3ccccn3)c2C(F)(F)F)nn1. The zero-order valence-corrected chi connectivity index (χ0v) is 14.6. The van der Waals surface area contributed by atoms with Gasteiger partial charge in [-0.15, -0.1) is 10.2 Å². The van der Waals surface area contributed by atoms with Gasteiger partial charge in [-0.25, -0.2) is 4.68 Å². The van der Waals surface area contributed by atoms with Gasteiger partial charge in [-0.3, -0.25) is 25.4 Å². The number of alkyl halides is 3. The number of ether oxygens (including phenoxy) is 1. The van der Waals surface area contributed by atoms with E-state index in [0.29, 0.717) is 10.9 Å². The fourth-order valence-electron chi connectivity index (χ4n) is 2.24. The maximum Gasteiger partial charge on any atom is 0.434 e. The molecule has 3 heterocycles. The molecule has 0 spiro atoms. The minimum absolute atomic E-state index is 0.0342. The number of methoxy groups -OCH3 is 1. The third-order valence-corrected chi connectivity index (χ3v) is 3.52. The summed E-state index contributed by atoms with van der Waals surface area (Å²) in [6, 6.07) is 6.95. The van der Waals surface area contributed by atoms with Crippen molar-refractivity contribution in [1.82, 2.24) is 35.8 Å². The molecule has 0 atom stereocenters. The molecule has 0 fully saturated rings. The van der Waals surface area contributed by atoms with Crippen molar-refractivity contribution in [2.75, 3.05) is 7.11 Å². The summed E-state index contributed by atoms with van der Waals surface area (Å²) in [7, 11) is 1.32. The Bertz CT molecular complexity index is 1020. The van der Waals surface area contributed by atoms with Crippen LogP contribution in [0.3, 0.4) is 0 Å². The van der Waals surface area contributed by atoms with Gasteiger partial charge in [0.2, 0.25) is 5.88 Å². The zero-order valence-electron chi connectivity index (χ0n) is 14.6. The second-order valence-corrected chi connectivity index (χ2v) is 5.37. The third-order valence-electron chi connectivity index (χ3n) is 3.52. The lowest BCUT2D eigenvalue weighted by Gasteiger charge is -2.12. The van der Waals surface area contributed by atoms with Gasteiger partial charge in [0.25, 0.3) is 11.8 Å². The smallest absolute Gasteiger partial charge is 0.434 e. The minimum Gasteiger partial charge on any atom is -0.480 e. The number of aromatic nitrogens is 5. The molecule has 3 rings (SSSR count). The third kappa shape index (κ3) is 4.28. The highest BCUT2D eigenvalue weighted by molar-refractivity contribution is 5.98. The van der Waals surface area contributed by atoms with Gasteiger partial charge in [-0.1, -0.05) is 6.07 Å². The number of carbonyl (C=O) groups is 2. The van der Waals surface area contributed by atoms with Crippen LogP contribution in [0.15, 0.2) is 42.7 Å². The van der Waals surface area contributed by atoms with E-state index in [9.17, 15) is 22.8 Å². The van der Waals surface area contributed by atoms with Crippen LogP contribution >= 0.6 is 0 Å². The summed E-state index contributed by atoms with van der Waals surface area (Å²) in [4.78, 5) is 27.9. The number of hydrogen-bond donors (Lipinski definition) is 2. The Kier molecular flexibility index (Phi) is 5.38. The Balaban J connectivity index is 1.86. The molecule has 0 radical (unpaired) electrons. The predicted molar refractivity (Wildman–Crippen MR) is 89.9 cm³/mol. The molecule has 0 unspecified atom stereocenters. The molecule has 150 valence electrons. The Hall–Kier alpha value is -4.03. The molecule has 10 nitrogen and oxygen atoms in total. The number of amides is 2. The summed E-state index contributed by atoms with van der Waals surface area (Å²) in [5, 5.41) is 10.8. The fraction of sp³-hybridized carbons (Fsp3) is 0.125. The summed E-state index contributed by atoms with van der Waals surface area (Å²) in [5.74, 6) is -2.23. The van der Waals surface area contributed by atoms with Crippen molar-refractivity contribution in [3.63, 3.8) is 0 Å². The van der Waals surface area contributed by atoms with Crippen LogP contribution in [0.4, 0.5) is 13.2 Å². The lowest BCUT2D eigenvalue weighted by molar-refractivity contribution is -0.143. The number of rotatable bonds is 4. The molecule has 3 aromatic heterocycles. The van der Waals surface area contributed by atoms with Crippen LogP contribution in [0.5, 0.6) is 5.88 Å². The maximum atomic E-state index is 13.6. The van der Waals surface area contributed by atoms with Crippen LogP contribution in [0, 0.1) is 0 Å². The number of pyridine rings is 1. The van der Waals surface area contributed by atoms with Crippen LogP contribution in [0.25, 0.3) is 5.82 Å². The minimum atomic E-state index is -4.95. The Morgan fingerprint density at radius 2 is 1.83 bits per heavy atom. The van der Waals surface area contributed by atoms with E-state index in [1.807, 2.05) is 10.9 Å². The maximum absolute atomic E-state index is 13.6. The highest BCUT2D eigenvalue weighted by atomic mass is 19.4. The fourth-order valence-corrected chi connectivity index (χ4v) is 2.24. The molecule has 3 aromatic rings. The monoisotopic (exact) mass is 407 g/mol. The molecule has 2 N–H and O–H groups in total. The topological polar surface area (TPSA) is 124 Å². The first-order chi connectivity index (χ1) is 13.8. The summed E-state index contributed by atoms with van der Waals surface area (Å²) >= 11 is 0. The van der Waals surface area contributed by atoms with E-state index in [0.717, 1.165) is 0 Å². The molecule has 0 saturated heterocycles. The molecular formula is C16H12F3N7O3. The zero-order chi connectivity index (χ0) is 21.0. The molecular weight excluding hydrogens is 395 g/mol. The highest BCUT2D eigenvalue weighted by Crippen LogP contribution is 2.33. The molecule has 0 aliphatic rings. The lowest BCUT2D eigenvalue weighted by Crippen LogP contribution is -2.42. The average molecular weight is 407 g/mol. The van der Waals surface area contributed by atoms with Crippen molar-refractivity contribution in [1.29, 1.82) is 0 Å². The van der Waals surface area contributed by atoms with E-state index in [1.165, 1.54) is 37.6 Å². The van der Waals surface area contributed by atoms with Crippen LogP contribution < -0.4 is 15.6 Å². The van der Waals surface area contributed by atoms with Gasteiger partial charge >= 0.3 is 6.18 Å². The molecule has 0 saturated carbocycles. The largest absolute Gasteiger partial charge is 0.480 e. The molecule has 0 aliphatic heterocycles. The summed E-state index contributed by atoms with van der Waals surface area (Å²) in [6.07, 6.45) is -2.90. The normalized spacial score (nSPS) is 11.0. The van der Waals surface area contributed by atoms with Gasteiger partial charge in [0.05, 0.1) is 18.9 Å². The van der Waals surface area contributed by atoms with Crippen LogP contribution in [-0.4, -0.2) is 43.9 Å². The number of nitrogens with one attached hydrogen (secondary N) is 2. The van der Waals surface area contributed by atoms with Crippen molar-refractivity contribution < 1.29 is 27.5 Å². The van der Waals surface area contributed by atoms with Gasteiger partial charge in [0.15, 0.2) is 11.5 Å². The molecule has 2 amide bonds. The lowest BCUT2D eigenvalue weighted by atomic mass is 10.2. The molecule has 13 heteroatoms. The molecule has 29 heavy (non-hydrogen) atoms. The van der Waals surface area contributed by atoms with Crippen molar-refractivity contribution in [3.8, 4) is 11.7 Å². The van der Waals surface area contributed by atoms with Gasteiger partial charge in [0.1, 0.15) is 5.69 Å². The second kappa shape index (κ2) is 7.92. The molecule has 0 aliphatic carbocycles. The Labute approximate surface area is 160 Å². The van der Waals surface area contributed by atoms with Crippen molar-refractivity contribution in [2.45, 2.75) is 6.18 Å². The summed E-state index contributed by atoms with van der Waals surface area (Å²) in [5.41, 5.74) is 1.65. The molecule has 0 bridgehead atoms. The number of hydrogen-bond acceptors (Lipinski definition) is 7. The summed E-state index contributed by atoms with van der Waals surface area (Å²) in [6.45, 7) is 0. The first-order valence-electron chi connectivity index (χ1n) is 7.86. The van der Waals surface area contributed by atoms with E-state index in [1.54, 1.807) is 6.07 Å². The van der Waals surface area contributed by atoms with Crippen LogP contribution in [-0.2, 0) is 6.18 Å². The van der Waals surface area contributed by atoms with E-state index in [4.69, 9.17) is 4.74 Å². The van der Waals surface area contributed by atoms with Gasteiger partial charge < -0.3 is 4.74 Å². The number of halogens is 3. The van der Waals surface area contributed by atoms with Gasteiger partial charge in [-0.2, -0.15) is 18.3 Å². The predicted octanol–water partition coefficient (Wildman–Crippen LogP) is 1.16. The van der Waals surface area contributed by atoms with Crippen molar-refractivity contribution in [3.05, 3.63) is 59.7 Å². The standard InChI is InChI=1S/C16H12F3N7O3/c1-29-12-6-5-11(22-23-12)26-13(16(17,18)19)9(8-21-26)14(27)24-25-15(28)10-4-2-3-7-20-10/h2-8H,1H3,(H,24,27)(H,25,28). The summed E-state index contributed by atoms with van der Waals surface area (Å²) < 4.78 is 46.0. The van der Waals surface area contributed by atoms with Crippen LogP contribution in [0.2, 0.25) is 0 Å². The quantitative estimate of drug-likeness (QED) is 0.622. The number of nitrogens with zero attached hydrogens (tertiary/aromatic N) is 5. The van der Waals surface area contributed by atoms with E-state index >= 15 is 0 Å². The second-order valence-electron chi connectivity index (χ2n) is 5.37. The number of carbonyl (C=O) groups excluding carboxylic acids is 2. The van der Waals surface area contributed by atoms with Gasteiger partial charge in [-0.05, 0) is 18.2 Å². The van der Waals surface area contributed by atoms with E-state index < -0.39 is 29.2 Å². The first kappa shape index (κ1) is 19.7. The highest BCUT2D eigenvalue weighted by Gasteiger charge is 2.41. The Morgan fingerprint density at radius 1 is 1.07 bits per heavy atom.